The standard InChI is InChI=1S/C33H36F3N5O4S/c1-22-5-14-27(19-30(22)45-32(2,3)31(42)43)46-21-29-28(37-41(38-29)25-8-6-23(7-9-25)33(34,35)36)20-39-15-17-40(18-16-39)24-10-12-26(44-4)13-11-24/h5-14,19H,15-18,20-21H2,1-4H3,(H,42,43). The maximum Gasteiger partial charge on any atom is 0.416 e. The molecule has 0 unspecified atom stereocenters. The van der Waals surface area contributed by atoms with Crippen LogP contribution in [-0.4, -0.2) is 69.9 Å². The highest BCUT2D eigenvalue weighted by molar-refractivity contribution is 7.98. The van der Waals surface area contributed by atoms with Crippen molar-refractivity contribution >= 4 is 23.4 Å². The van der Waals surface area contributed by atoms with Crippen LogP contribution in [0.2, 0.25) is 0 Å². The summed E-state index contributed by atoms with van der Waals surface area (Å²) < 4.78 is 50.6. The topological polar surface area (TPSA) is 93.0 Å². The van der Waals surface area contributed by atoms with Crippen LogP contribution < -0.4 is 14.4 Å². The van der Waals surface area contributed by atoms with Gasteiger partial charge in [-0.3, -0.25) is 4.90 Å². The van der Waals surface area contributed by atoms with Gasteiger partial charge in [0.2, 0.25) is 0 Å². The smallest absolute Gasteiger partial charge is 0.416 e. The molecule has 0 amide bonds. The van der Waals surface area contributed by atoms with Gasteiger partial charge in [0.05, 0.1) is 24.1 Å². The van der Waals surface area contributed by atoms with Gasteiger partial charge < -0.3 is 19.5 Å². The fourth-order valence-electron chi connectivity index (χ4n) is 4.92. The largest absolute Gasteiger partial charge is 0.497 e. The summed E-state index contributed by atoms with van der Waals surface area (Å²) in [5, 5.41) is 18.9. The maximum atomic E-state index is 13.2. The summed E-state index contributed by atoms with van der Waals surface area (Å²) in [4.78, 5) is 18.5. The Morgan fingerprint density at radius 3 is 2.15 bits per heavy atom. The average Bonchev–Trinajstić information content (AvgIpc) is 3.43. The number of aryl methyl sites for hydroxylation is 1. The van der Waals surface area contributed by atoms with E-state index in [-0.39, 0.29) is 0 Å². The molecule has 5 rings (SSSR count). The van der Waals surface area contributed by atoms with Gasteiger partial charge in [0.25, 0.3) is 0 Å². The van der Waals surface area contributed by atoms with Crippen molar-refractivity contribution in [2.75, 3.05) is 38.2 Å². The number of halogens is 3. The van der Waals surface area contributed by atoms with Crippen LogP contribution in [0.3, 0.4) is 0 Å². The lowest BCUT2D eigenvalue weighted by Gasteiger charge is -2.35. The van der Waals surface area contributed by atoms with Crippen LogP contribution in [-0.2, 0) is 23.3 Å². The molecule has 0 aliphatic carbocycles. The van der Waals surface area contributed by atoms with Crippen molar-refractivity contribution in [3.05, 3.63) is 89.2 Å². The van der Waals surface area contributed by atoms with Gasteiger partial charge in [-0.2, -0.15) is 28.2 Å². The lowest BCUT2D eigenvalue weighted by Crippen LogP contribution is -2.46. The van der Waals surface area contributed by atoms with Crippen LogP contribution in [0.15, 0.2) is 71.6 Å². The molecule has 1 aliphatic rings. The van der Waals surface area contributed by atoms with Crippen LogP contribution >= 0.6 is 11.8 Å². The first kappa shape index (κ1) is 33.1. The maximum absolute atomic E-state index is 13.2. The predicted octanol–water partition coefficient (Wildman–Crippen LogP) is 6.46. The van der Waals surface area contributed by atoms with E-state index in [9.17, 15) is 23.1 Å². The molecule has 0 bridgehead atoms. The van der Waals surface area contributed by atoms with Gasteiger partial charge in [-0.25, -0.2) is 4.79 Å². The third-order valence-electron chi connectivity index (χ3n) is 7.79. The molecule has 0 spiro atoms. The number of alkyl halides is 3. The number of carboxylic acids is 1. The highest BCUT2D eigenvalue weighted by Crippen LogP contribution is 2.32. The molecule has 1 aromatic heterocycles. The Hall–Kier alpha value is -4.23. The highest BCUT2D eigenvalue weighted by atomic mass is 32.2. The monoisotopic (exact) mass is 655 g/mol. The summed E-state index contributed by atoms with van der Waals surface area (Å²) in [7, 11) is 1.64. The number of carboxylic acid groups (broad SMARTS) is 1. The van der Waals surface area contributed by atoms with Gasteiger partial charge >= 0.3 is 12.1 Å². The zero-order valence-corrected chi connectivity index (χ0v) is 26.9. The SMILES string of the molecule is COc1ccc(N2CCN(Cc3nn(-c4ccc(C(F)(F)F)cc4)nc3CSc3ccc(C)c(OC(C)(C)C(=O)O)c3)CC2)cc1. The third-order valence-corrected chi connectivity index (χ3v) is 8.79. The Balaban J connectivity index is 1.34. The van der Waals surface area contributed by atoms with E-state index < -0.39 is 23.3 Å². The van der Waals surface area contributed by atoms with Crippen molar-refractivity contribution in [1.82, 2.24) is 19.9 Å². The molecule has 1 N–H and O–H groups in total. The van der Waals surface area contributed by atoms with E-state index in [1.807, 2.05) is 49.4 Å². The fraction of sp³-hybridized carbons (Fsp3) is 0.364. The highest BCUT2D eigenvalue weighted by Gasteiger charge is 2.31. The van der Waals surface area contributed by atoms with Crippen molar-refractivity contribution in [2.45, 2.75) is 49.7 Å². The van der Waals surface area contributed by atoms with E-state index in [1.54, 1.807) is 7.11 Å². The zero-order valence-electron chi connectivity index (χ0n) is 26.0. The second-order valence-electron chi connectivity index (χ2n) is 11.5. The second kappa shape index (κ2) is 13.6. The van der Waals surface area contributed by atoms with Gasteiger partial charge in [-0.05, 0) is 87.0 Å². The van der Waals surface area contributed by atoms with E-state index in [0.29, 0.717) is 29.4 Å². The molecule has 4 aromatic rings. The van der Waals surface area contributed by atoms with Crippen molar-refractivity contribution in [1.29, 1.82) is 0 Å². The van der Waals surface area contributed by atoms with Crippen LogP contribution in [0.5, 0.6) is 11.5 Å². The number of piperazine rings is 1. The van der Waals surface area contributed by atoms with E-state index >= 15 is 0 Å². The lowest BCUT2D eigenvalue weighted by atomic mass is 10.1. The lowest BCUT2D eigenvalue weighted by molar-refractivity contribution is -0.152. The van der Waals surface area contributed by atoms with Crippen LogP contribution in [0, 0.1) is 6.92 Å². The second-order valence-corrected chi connectivity index (χ2v) is 12.6. The number of thioether (sulfide) groups is 1. The van der Waals surface area contributed by atoms with E-state index in [0.717, 1.165) is 65.9 Å². The summed E-state index contributed by atoms with van der Waals surface area (Å²) in [5.41, 5.74) is 1.66. The zero-order chi connectivity index (χ0) is 33.1. The Morgan fingerprint density at radius 1 is 0.913 bits per heavy atom. The summed E-state index contributed by atoms with van der Waals surface area (Å²) in [6.07, 6.45) is -4.44. The number of aromatic nitrogens is 3. The number of anilines is 1. The van der Waals surface area contributed by atoms with Crippen LogP contribution in [0.4, 0.5) is 18.9 Å². The molecule has 2 heterocycles. The summed E-state index contributed by atoms with van der Waals surface area (Å²) in [6.45, 7) is 8.61. The van der Waals surface area contributed by atoms with E-state index in [1.165, 1.54) is 42.5 Å². The van der Waals surface area contributed by atoms with E-state index in [4.69, 9.17) is 19.7 Å². The molecule has 1 fully saturated rings. The number of methoxy groups -OCH3 is 1. The number of carbonyl (C=O) groups is 1. The van der Waals surface area contributed by atoms with Crippen LogP contribution in [0.1, 0.15) is 36.4 Å². The number of ether oxygens (including phenoxy) is 2. The number of rotatable bonds is 11. The minimum Gasteiger partial charge on any atom is -0.497 e. The average molecular weight is 656 g/mol. The molecule has 9 nitrogen and oxygen atoms in total. The Kier molecular flexibility index (Phi) is 9.82. The number of aliphatic carboxylic acids is 1. The summed E-state index contributed by atoms with van der Waals surface area (Å²) in [5.74, 6) is 0.648. The number of benzene rings is 3. The van der Waals surface area contributed by atoms with Crippen molar-refractivity contribution < 1.29 is 32.5 Å². The van der Waals surface area contributed by atoms with Gasteiger partial charge in [0, 0.05) is 49.1 Å². The molecular formula is C33H36F3N5O4S. The van der Waals surface area contributed by atoms with Gasteiger partial charge in [-0.15, -0.1) is 11.8 Å². The Labute approximate surface area is 269 Å². The molecule has 1 aliphatic heterocycles. The summed E-state index contributed by atoms with van der Waals surface area (Å²) >= 11 is 1.49. The third kappa shape index (κ3) is 7.94. The Morgan fingerprint density at radius 2 is 1.54 bits per heavy atom. The van der Waals surface area contributed by atoms with E-state index in [2.05, 4.69) is 9.80 Å². The predicted molar refractivity (Wildman–Crippen MR) is 170 cm³/mol. The molecule has 0 atom stereocenters. The molecule has 0 saturated carbocycles. The number of hydrogen-bond acceptors (Lipinski definition) is 8. The normalized spacial score (nSPS) is 14.4. The molecule has 244 valence electrons. The number of nitrogens with zero attached hydrogens (tertiary/aromatic N) is 5. The fourth-order valence-corrected chi connectivity index (χ4v) is 5.80. The molecule has 3 aromatic carbocycles. The van der Waals surface area contributed by atoms with Crippen LogP contribution in [0.25, 0.3) is 5.69 Å². The first-order chi connectivity index (χ1) is 21.8. The van der Waals surface area contributed by atoms with Gasteiger partial charge in [0.1, 0.15) is 17.2 Å². The molecule has 1 saturated heterocycles. The van der Waals surface area contributed by atoms with Crippen molar-refractivity contribution in [2.24, 2.45) is 0 Å². The Bertz CT molecular complexity index is 1650. The number of hydrogen-bond donors (Lipinski definition) is 1. The van der Waals surface area contributed by atoms with Gasteiger partial charge in [-0.1, -0.05) is 6.07 Å². The minimum absolute atomic E-state index is 0.428. The quantitative estimate of drug-likeness (QED) is 0.183. The molecule has 13 heteroatoms. The van der Waals surface area contributed by atoms with Crippen molar-refractivity contribution in [3.63, 3.8) is 0 Å². The van der Waals surface area contributed by atoms with Crippen molar-refractivity contribution in [3.8, 4) is 17.2 Å². The summed E-state index contributed by atoms with van der Waals surface area (Å²) in [6, 6.07) is 18.4. The molecule has 46 heavy (non-hydrogen) atoms. The van der Waals surface area contributed by atoms with Gasteiger partial charge in [0.15, 0.2) is 5.60 Å². The molecular weight excluding hydrogens is 619 g/mol. The first-order valence-electron chi connectivity index (χ1n) is 14.7. The minimum atomic E-state index is -4.44. The molecule has 0 radical (unpaired) electrons. The first-order valence-corrected chi connectivity index (χ1v) is 15.7.